The molecule has 0 spiro atoms. The molecule has 0 saturated carbocycles. The second kappa shape index (κ2) is 10.1. The van der Waals surface area contributed by atoms with E-state index in [1.54, 1.807) is 0 Å². The maximum Gasteiger partial charge on any atom is 0.345 e. The minimum atomic E-state index is -1.92. The molecule has 1 aromatic rings. The summed E-state index contributed by atoms with van der Waals surface area (Å²) in [6.45, 7) is 1.92. The van der Waals surface area contributed by atoms with Gasteiger partial charge in [0.15, 0.2) is 6.10 Å². The second-order valence-corrected chi connectivity index (χ2v) is 5.41. The molecule has 9 heteroatoms. The fraction of sp³-hybridized carbons (Fsp3) is 0.412. The molecule has 0 bridgehead atoms. The third kappa shape index (κ3) is 6.52. The summed E-state index contributed by atoms with van der Waals surface area (Å²) < 4.78 is 9.14. The minimum Gasteiger partial charge on any atom is -0.481 e. The van der Waals surface area contributed by atoms with Crippen LogP contribution >= 0.6 is 0 Å². The van der Waals surface area contributed by atoms with Crippen molar-refractivity contribution in [2.45, 2.75) is 38.3 Å². The first kappa shape index (κ1) is 21.1. The highest BCUT2D eigenvalue weighted by Crippen LogP contribution is 2.14. The lowest BCUT2D eigenvalue weighted by atomic mass is 10.1. The Hall–Kier alpha value is -2.94. The number of carbonyl (C=O) groups is 4. The van der Waals surface area contributed by atoms with Gasteiger partial charge in [-0.15, -0.1) is 0 Å². The average molecular weight is 367 g/mol. The van der Waals surface area contributed by atoms with Gasteiger partial charge < -0.3 is 25.0 Å². The Morgan fingerprint density at radius 3 is 2.23 bits per heavy atom. The number of carboxylic acids is 1. The molecule has 9 nitrogen and oxygen atoms in total. The Morgan fingerprint density at radius 2 is 1.73 bits per heavy atom. The molecule has 0 fully saturated rings. The molecule has 0 radical (unpaired) electrons. The average Bonchev–Trinajstić information content (AvgIpc) is 2.60. The Morgan fingerprint density at radius 1 is 1.12 bits per heavy atom. The van der Waals surface area contributed by atoms with Gasteiger partial charge in [-0.05, 0) is 30.7 Å². The third-order valence-electron chi connectivity index (χ3n) is 3.36. The van der Waals surface area contributed by atoms with Crippen molar-refractivity contribution in [3.05, 3.63) is 29.8 Å². The highest BCUT2D eigenvalue weighted by molar-refractivity contribution is 5.98. The van der Waals surface area contributed by atoms with Crippen molar-refractivity contribution in [3.8, 4) is 0 Å². The number of hydrogen-bond acceptors (Lipinski definition) is 8. The summed E-state index contributed by atoms with van der Waals surface area (Å²) in [4.78, 5) is 45.4. The van der Waals surface area contributed by atoms with Crippen molar-refractivity contribution >= 4 is 29.6 Å². The Bertz CT molecular complexity index is 655. The first-order chi connectivity index (χ1) is 12.3. The molecular weight excluding hydrogens is 346 g/mol. The van der Waals surface area contributed by atoms with Crippen molar-refractivity contribution in [2.24, 2.45) is 0 Å². The summed E-state index contributed by atoms with van der Waals surface area (Å²) in [5.74, 6) is -4.17. The molecule has 142 valence electrons. The number of benzene rings is 1. The molecule has 0 heterocycles. The van der Waals surface area contributed by atoms with Gasteiger partial charge in [0, 0.05) is 5.69 Å². The highest BCUT2D eigenvalue weighted by Gasteiger charge is 2.24. The maximum atomic E-state index is 11.8. The molecule has 26 heavy (non-hydrogen) atoms. The number of aliphatic hydroxyl groups excluding tert-OH is 1. The van der Waals surface area contributed by atoms with Crippen LogP contribution in [0.2, 0.25) is 0 Å². The molecule has 1 rings (SSSR count). The van der Waals surface area contributed by atoms with Crippen LogP contribution in [0.3, 0.4) is 0 Å². The van der Waals surface area contributed by atoms with Crippen molar-refractivity contribution < 1.29 is 38.9 Å². The van der Waals surface area contributed by atoms with E-state index in [-0.39, 0.29) is 5.56 Å². The predicted molar refractivity (Wildman–Crippen MR) is 89.5 cm³/mol. The van der Waals surface area contributed by atoms with E-state index in [0.717, 1.165) is 6.42 Å². The molecule has 1 aromatic carbocycles. The topological polar surface area (TPSA) is 139 Å². The van der Waals surface area contributed by atoms with Gasteiger partial charge in [-0.25, -0.2) is 14.4 Å². The van der Waals surface area contributed by atoms with Gasteiger partial charge in [-0.3, -0.25) is 4.79 Å². The zero-order valence-electron chi connectivity index (χ0n) is 14.4. The molecule has 2 unspecified atom stereocenters. The first-order valence-electron chi connectivity index (χ1n) is 7.88. The maximum absolute atomic E-state index is 11.8. The lowest BCUT2D eigenvalue weighted by Crippen LogP contribution is -2.30. The summed E-state index contributed by atoms with van der Waals surface area (Å²) in [5.41, 5.74) is 0.583. The lowest BCUT2D eigenvalue weighted by molar-refractivity contribution is -0.153. The summed E-state index contributed by atoms with van der Waals surface area (Å²) in [5, 5.41) is 20.8. The van der Waals surface area contributed by atoms with E-state index in [2.05, 4.69) is 10.1 Å². The van der Waals surface area contributed by atoms with Gasteiger partial charge in [-0.2, -0.15) is 0 Å². The quantitative estimate of drug-likeness (QED) is 0.430. The van der Waals surface area contributed by atoms with Gasteiger partial charge in [-0.1, -0.05) is 13.3 Å². The zero-order chi connectivity index (χ0) is 19.7. The van der Waals surface area contributed by atoms with E-state index in [9.17, 15) is 24.3 Å². The Labute approximate surface area is 149 Å². The van der Waals surface area contributed by atoms with E-state index in [1.165, 1.54) is 31.4 Å². The predicted octanol–water partition coefficient (Wildman–Crippen LogP) is 0.959. The van der Waals surface area contributed by atoms with Crippen LogP contribution in [0, 0.1) is 0 Å². The number of ether oxygens (including phenoxy) is 2. The number of nitrogens with one attached hydrogen (secondary N) is 1. The van der Waals surface area contributed by atoms with E-state index in [0.29, 0.717) is 12.1 Å². The molecule has 3 N–H and O–H groups in total. The fourth-order valence-corrected chi connectivity index (χ4v) is 2.05. The third-order valence-corrected chi connectivity index (χ3v) is 3.36. The number of anilines is 1. The SMILES string of the molecule is CCCC(Nc1ccc(C(=O)OC(=O)C(O)CC(=O)O)cc1)C(=O)OC. The monoisotopic (exact) mass is 367 g/mol. The fourth-order valence-electron chi connectivity index (χ4n) is 2.05. The van der Waals surface area contributed by atoms with Gasteiger partial charge in [0.25, 0.3) is 0 Å². The number of aliphatic carboxylic acids is 1. The first-order valence-corrected chi connectivity index (χ1v) is 7.88. The van der Waals surface area contributed by atoms with Gasteiger partial charge in [0.05, 0.1) is 19.1 Å². The molecular formula is C17H21NO8. The van der Waals surface area contributed by atoms with Crippen LogP contribution in [-0.4, -0.2) is 53.3 Å². The standard InChI is InChI=1S/C17H21NO8/c1-3-4-12(16(23)25-2)18-11-7-5-10(6-8-11)15(22)26-17(24)13(19)9-14(20)21/h5-8,12-13,18-19H,3-4,9H2,1-2H3,(H,20,21). The number of esters is 3. The molecule has 0 aliphatic heterocycles. The van der Waals surface area contributed by atoms with E-state index in [4.69, 9.17) is 9.84 Å². The van der Waals surface area contributed by atoms with E-state index in [1.807, 2.05) is 6.92 Å². The molecule has 0 saturated heterocycles. The van der Waals surface area contributed by atoms with Crippen LogP contribution in [0.5, 0.6) is 0 Å². The van der Waals surface area contributed by atoms with Gasteiger partial charge in [0.1, 0.15) is 6.04 Å². The van der Waals surface area contributed by atoms with Crippen LogP contribution in [-0.2, 0) is 23.9 Å². The Kier molecular flexibility index (Phi) is 8.23. The number of methoxy groups -OCH3 is 1. The van der Waals surface area contributed by atoms with Gasteiger partial charge >= 0.3 is 23.9 Å². The van der Waals surface area contributed by atoms with Crippen LogP contribution in [0.4, 0.5) is 5.69 Å². The highest BCUT2D eigenvalue weighted by atomic mass is 16.6. The minimum absolute atomic E-state index is 0.0246. The van der Waals surface area contributed by atoms with E-state index < -0.39 is 42.4 Å². The smallest absolute Gasteiger partial charge is 0.345 e. The lowest BCUT2D eigenvalue weighted by Gasteiger charge is -2.17. The van der Waals surface area contributed by atoms with Crippen molar-refractivity contribution in [2.75, 3.05) is 12.4 Å². The molecule has 0 aliphatic carbocycles. The number of carbonyl (C=O) groups excluding carboxylic acids is 3. The number of aliphatic hydroxyl groups is 1. The Balaban J connectivity index is 2.71. The van der Waals surface area contributed by atoms with Crippen LogP contribution in [0.15, 0.2) is 24.3 Å². The largest absolute Gasteiger partial charge is 0.481 e. The number of hydrogen-bond donors (Lipinski definition) is 3. The van der Waals surface area contributed by atoms with Crippen molar-refractivity contribution in [3.63, 3.8) is 0 Å². The van der Waals surface area contributed by atoms with Crippen molar-refractivity contribution in [1.29, 1.82) is 0 Å². The van der Waals surface area contributed by atoms with Crippen LogP contribution < -0.4 is 5.32 Å². The van der Waals surface area contributed by atoms with Crippen LogP contribution in [0.25, 0.3) is 0 Å². The summed E-state index contributed by atoms with van der Waals surface area (Å²) >= 11 is 0. The second-order valence-electron chi connectivity index (χ2n) is 5.41. The number of carboxylic acid groups (broad SMARTS) is 1. The molecule has 2 atom stereocenters. The normalized spacial score (nSPS) is 12.6. The van der Waals surface area contributed by atoms with E-state index >= 15 is 0 Å². The van der Waals surface area contributed by atoms with Crippen LogP contribution in [0.1, 0.15) is 36.5 Å². The summed E-state index contributed by atoms with van der Waals surface area (Å²) in [6.07, 6.45) is -1.46. The van der Waals surface area contributed by atoms with Crippen molar-refractivity contribution in [1.82, 2.24) is 0 Å². The molecule has 0 amide bonds. The number of rotatable bonds is 9. The molecule has 0 aliphatic rings. The van der Waals surface area contributed by atoms with Gasteiger partial charge in [0.2, 0.25) is 0 Å². The molecule has 0 aromatic heterocycles. The summed E-state index contributed by atoms with van der Waals surface area (Å²) in [6, 6.07) is 5.22. The summed E-state index contributed by atoms with van der Waals surface area (Å²) in [7, 11) is 1.29. The zero-order valence-corrected chi connectivity index (χ0v) is 14.4.